The molecular formula is C10H17N3O4S. The number of ether oxygens (including phenoxy) is 1. The summed E-state index contributed by atoms with van der Waals surface area (Å²) in [6, 6.07) is 0. The highest BCUT2D eigenvalue weighted by atomic mass is 32.2. The third-order valence-corrected chi connectivity index (χ3v) is 3.16. The third kappa shape index (κ3) is 4.28. The van der Waals surface area contributed by atoms with Crippen molar-refractivity contribution in [3.63, 3.8) is 0 Å². The number of thioether (sulfide) groups is 1. The summed E-state index contributed by atoms with van der Waals surface area (Å²) < 4.78 is 6.78. The summed E-state index contributed by atoms with van der Waals surface area (Å²) in [7, 11) is 1.62. The number of nitrogens with zero attached hydrogens (tertiary/aromatic N) is 3. The number of hydrogen-bond donors (Lipinski definition) is 2. The molecule has 1 atom stereocenters. The summed E-state index contributed by atoms with van der Waals surface area (Å²) in [6.07, 6.45) is 0. The topological polar surface area (TPSA) is 97.5 Å². The molecule has 2 N–H and O–H groups in total. The first kappa shape index (κ1) is 14.9. The van der Waals surface area contributed by atoms with Crippen molar-refractivity contribution in [2.45, 2.75) is 25.2 Å². The smallest absolute Gasteiger partial charge is 0.313 e. The van der Waals surface area contributed by atoms with Crippen molar-refractivity contribution in [1.29, 1.82) is 0 Å². The molecule has 0 saturated carbocycles. The number of aromatic nitrogens is 3. The van der Waals surface area contributed by atoms with Gasteiger partial charge in [-0.15, -0.1) is 10.2 Å². The molecule has 18 heavy (non-hydrogen) atoms. The Morgan fingerprint density at radius 3 is 2.83 bits per heavy atom. The molecule has 1 aromatic rings. The van der Waals surface area contributed by atoms with Crippen LogP contribution in [0.4, 0.5) is 0 Å². The maximum Gasteiger partial charge on any atom is 0.313 e. The van der Waals surface area contributed by atoms with Gasteiger partial charge >= 0.3 is 5.97 Å². The minimum Gasteiger partial charge on any atom is -0.481 e. The van der Waals surface area contributed by atoms with Crippen LogP contribution >= 0.6 is 11.8 Å². The van der Waals surface area contributed by atoms with Crippen molar-refractivity contribution < 1.29 is 19.7 Å². The lowest BCUT2D eigenvalue weighted by Gasteiger charge is -2.14. The normalized spacial score (nSPS) is 12.6. The first-order valence-corrected chi connectivity index (χ1v) is 6.43. The van der Waals surface area contributed by atoms with E-state index in [2.05, 4.69) is 10.2 Å². The van der Waals surface area contributed by atoms with Crippen LogP contribution in [0.2, 0.25) is 0 Å². The lowest BCUT2D eigenvalue weighted by molar-refractivity contribution is -0.133. The Morgan fingerprint density at radius 2 is 2.28 bits per heavy atom. The third-order valence-electron chi connectivity index (χ3n) is 2.21. The fourth-order valence-electron chi connectivity index (χ4n) is 1.50. The number of carboxylic acid groups (broad SMARTS) is 1. The van der Waals surface area contributed by atoms with Crippen molar-refractivity contribution in [1.82, 2.24) is 14.8 Å². The first-order valence-electron chi connectivity index (χ1n) is 5.45. The van der Waals surface area contributed by atoms with E-state index in [-0.39, 0.29) is 18.3 Å². The zero-order valence-corrected chi connectivity index (χ0v) is 11.2. The van der Waals surface area contributed by atoms with E-state index in [4.69, 9.17) is 9.84 Å². The van der Waals surface area contributed by atoms with Crippen molar-refractivity contribution >= 4 is 17.7 Å². The van der Waals surface area contributed by atoms with E-state index in [0.29, 0.717) is 24.1 Å². The summed E-state index contributed by atoms with van der Waals surface area (Å²) in [4.78, 5) is 10.5. The van der Waals surface area contributed by atoms with Gasteiger partial charge in [-0.2, -0.15) is 0 Å². The quantitative estimate of drug-likeness (QED) is 0.655. The molecule has 7 nitrogen and oxygen atoms in total. The maximum absolute atomic E-state index is 10.5. The Kier molecular flexibility index (Phi) is 6.10. The number of aliphatic carboxylic acids is 1. The van der Waals surface area contributed by atoms with Crippen molar-refractivity contribution in [3.8, 4) is 0 Å². The molecule has 0 aliphatic rings. The van der Waals surface area contributed by atoms with Gasteiger partial charge in [0.25, 0.3) is 0 Å². The molecule has 0 spiro atoms. The van der Waals surface area contributed by atoms with Gasteiger partial charge in [-0.3, -0.25) is 4.79 Å². The van der Waals surface area contributed by atoms with Crippen LogP contribution in [0.5, 0.6) is 0 Å². The number of hydrogen-bond acceptors (Lipinski definition) is 6. The summed E-state index contributed by atoms with van der Waals surface area (Å²) in [6.45, 7) is 2.93. The van der Waals surface area contributed by atoms with Crippen LogP contribution < -0.4 is 0 Å². The van der Waals surface area contributed by atoms with Gasteiger partial charge in [0.05, 0.1) is 12.4 Å². The molecule has 0 fully saturated rings. The van der Waals surface area contributed by atoms with Gasteiger partial charge in [-0.1, -0.05) is 18.7 Å². The van der Waals surface area contributed by atoms with Crippen molar-refractivity contribution in [2.75, 3.05) is 19.5 Å². The molecule has 0 aromatic carbocycles. The van der Waals surface area contributed by atoms with Crippen LogP contribution in [0.15, 0.2) is 5.16 Å². The Bertz CT molecular complexity index is 396. The molecule has 0 amide bonds. The zero-order chi connectivity index (χ0) is 13.5. The van der Waals surface area contributed by atoms with Crippen LogP contribution in [0, 0.1) is 5.92 Å². The predicted molar refractivity (Wildman–Crippen MR) is 65.3 cm³/mol. The lowest BCUT2D eigenvalue weighted by atomic mass is 10.2. The molecular weight excluding hydrogens is 258 g/mol. The van der Waals surface area contributed by atoms with Gasteiger partial charge in [0, 0.05) is 13.7 Å². The number of carbonyl (C=O) groups is 1. The molecule has 1 rings (SSSR count). The molecule has 102 valence electrons. The monoisotopic (exact) mass is 275 g/mol. The highest BCUT2D eigenvalue weighted by Gasteiger charge is 2.15. The molecule has 1 heterocycles. The Hall–Kier alpha value is -1.12. The van der Waals surface area contributed by atoms with Crippen LogP contribution in [0.3, 0.4) is 0 Å². The van der Waals surface area contributed by atoms with E-state index in [1.54, 1.807) is 11.7 Å². The van der Waals surface area contributed by atoms with Crippen LogP contribution in [-0.2, 0) is 22.7 Å². The van der Waals surface area contributed by atoms with Crippen LogP contribution in [0.25, 0.3) is 0 Å². The molecule has 0 radical (unpaired) electrons. The zero-order valence-electron chi connectivity index (χ0n) is 10.4. The van der Waals surface area contributed by atoms with Gasteiger partial charge in [0.15, 0.2) is 11.0 Å². The van der Waals surface area contributed by atoms with Gasteiger partial charge in [-0.25, -0.2) is 0 Å². The van der Waals surface area contributed by atoms with Gasteiger partial charge in [0.1, 0.15) is 6.61 Å². The number of carboxylic acids is 1. The minimum atomic E-state index is -0.912. The van der Waals surface area contributed by atoms with E-state index in [0.717, 1.165) is 11.8 Å². The first-order chi connectivity index (χ1) is 8.58. The lowest BCUT2D eigenvalue weighted by Crippen LogP contribution is -2.16. The van der Waals surface area contributed by atoms with Crippen LogP contribution in [-0.4, -0.2) is 50.4 Å². The Labute approximate surface area is 109 Å². The standard InChI is InChI=1S/C10H17N3O4S/c1-7(5-17-2)3-13-8(4-14)11-12-10(13)18-6-9(15)16/h7,14H,3-6H2,1-2H3,(H,15,16). The largest absolute Gasteiger partial charge is 0.481 e. The van der Waals surface area contributed by atoms with E-state index in [9.17, 15) is 9.90 Å². The molecule has 1 unspecified atom stereocenters. The van der Waals surface area contributed by atoms with Crippen molar-refractivity contribution in [3.05, 3.63) is 5.82 Å². The highest BCUT2D eigenvalue weighted by Crippen LogP contribution is 2.18. The molecule has 0 saturated heterocycles. The Balaban J connectivity index is 2.77. The molecule has 0 bridgehead atoms. The summed E-state index contributed by atoms with van der Waals surface area (Å²) in [5.41, 5.74) is 0. The summed E-state index contributed by atoms with van der Waals surface area (Å²) in [5.74, 6) is -0.335. The number of methoxy groups -OCH3 is 1. The second-order valence-corrected chi connectivity index (χ2v) is 4.85. The fraction of sp³-hybridized carbons (Fsp3) is 0.700. The second-order valence-electron chi connectivity index (χ2n) is 3.91. The van der Waals surface area contributed by atoms with Crippen LogP contribution in [0.1, 0.15) is 12.7 Å². The van der Waals surface area contributed by atoms with E-state index < -0.39 is 5.97 Å². The maximum atomic E-state index is 10.5. The van der Waals surface area contributed by atoms with E-state index >= 15 is 0 Å². The van der Waals surface area contributed by atoms with Gasteiger partial charge < -0.3 is 19.5 Å². The summed E-state index contributed by atoms with van der Waals surface area (Å²) >= 11 is 1.09. The summed E-state index contributed by atoms with van der Waals surface area (Å²) in [5, 5.41) is 26.0. The average Bonchev–Trinajstić information content (AvgIpc) is 2.69. The van der Waals surface area contributed by atoms with Gasteiger partial charge in [0.2, 0.25) is 0 Å². The Morgan fingerprint density at radius 1 is 1.56 bits per heavy atom. The number of aliphatic hydroxyl groups excluding tert-OH is 1. The average molecular weight is 275 g/mol. The number of rotatable bonds is 8. The molecule has 0 aliphatic carbocycles. The SMILES string of the molecule is COCC(C)Cn1c(CO)nnc1SCC(=O)O. The van der Waals surface area contributed by atoms with Crippen molar-refractivity contribution in [2.24, 2.45) is 5.92 Å². The second kappa shape index (κ2) is 7.34. The number of aliphatic hydroxyl groups is 1. The molecule has 1 aromatic heterocycles. The minimum absolute atomic E-state index is 0.0811. The van der Waals surface area contributed by atoms with E-state index in [1.807, 2.05) is 6.92 Å². The fourth-order valence-corrected chi connectivity index (χ4v) is 2.19. The molecule has 8 heteroatoms. The molecule has 0 aliphatic heterocycles. The predicted octanol–water partition coefficient (Wildman–Crippen LogP) is 0.230. The van der Waals surface area contributed by atoms with Gasteiger partial charge in [-0.05, 0) is 5.92 Å². The highest BCUT2D eigenvalue weighted by molar-refractivity contribution is 7.99. The van der Waals surface area contributed by atoms with E-state index in [1.165, 1.54) is 0 Å².